The molecular weight excluding hydrogens is 475 g/mol. The Bertz CT molecular complexity index is 749. The zero-order chi connectivity index (χ0) is 16.3. The summed E-state index contributed by atoms with van der Waals surface area (Å²) in [6, 6.07) is 11.3. The quantitative estimate of drug-likeness (QED) is 0.471. The summed E-state index contributed by atoms with van der Waals surface area (Å²) in [4.78, 5) is 12.2. The minimum atomic E-state index is -0.245. The summed E-state index contributed by atoms with van der Waals surface area (Å²) in [5.74, 6) is -0.245. The largest absolute Gasteiger partial charge is 0.332 e. The topological polar surface area (TPSA) is 41.1 Å². The Labute approximate surface area is 157 Å². The zero-order valence-corrected chi connectivity index (χ0v) is 16.6. The highest BCUT2D eigenvalue weighted by Gasteiger charge is 2.12. The van der Waals surface area contributed by atoms with Gasteiger partial charge in [-0.3, -0.25) is 10.1 Å². The van der Waals surface area contributed by atoms with Gasteiger partial charge in [-0.25, -0.2) is 0 Å². The van der Waals surface area contributed by atoms with E-state index < -0.39 is 0 Å². The maximum Gasteiger partial charge on any atom is 0.258 e. The Balaban J connectivity index is 2.09. The van der Waals surface area contributed by atoms with Crippen LogP contribution in [0.25, 0.3) is 0 Å². The molecule has 2 rings (SSSR count). The monoisotopic (exact) mass is 488 g/mol. The molecule has 2 aromatic rings. The second-order valence-electron chi connectivity index (χ2n) is 4.80. The summed E-state index contributed by atoms with van der Waals surface area (Å²) in [5, 5.41) is 6.06. The molecule has 0 aliphatic carbocycles. The second-order valence-corrected chi connectivity index (χ2v) is 7.23. The number of thiocarbonyl (C=S) groups is 1. The van der Waals surface area contributed by atoms with E-state index in [1.807, 2.05) is 38.1 Å². The number of aryl methyl sites for hydroxylation is 2. The maximum absolute atomic E-state index is 12.2. The van der Waals surface area contributed by atoms with E-state index in [4.69, 9.17) is 12.2 Å². The number of halogens is 2. The van der Waals surface area contributed by atoms with Gasteiger partial charge < -0.3 is 5.32 Å². The van der Waals surface area contributed by atoms with Crippen molar-refractivity contribution in [3.05, 3.63) is 61.1 Å². The van der Waals surface area contributed by atoms with Gasteiger partial charge in [0, 0.05) is 13.7 Å². The number of benzene rings is 2. The molecular formula is C16H14BrIN2OS. The van der Waals surface area contributed by atoms with Crippen LogP contribution in [0.5, 0.6) is 0 Å². The third-order valence-corrected chi connectivity index (χ3v) is 5.16. The summed E-state index contributed by atoms with van der Waals surface area (Å²) < 4.78 is 1.93. The highest BCUT2D eigenvalue weighted by Crippen LogP contribution is 2.22. The number of anilines is 1. The highest BCUT2D eigenvalue weighted by atomic mass is 127. The van der Waals surface area contributed by atoms with Gasteiger partial charge in [0.05, 0.1) is 5.56 Å². The van der Waals surface area contributed by atoms with Crippen molar-refractivity contribution in [2.45, 2.75) is 13.8 Å². The van der Waals surface area contributed by atoms with Crippen LogP contribution in [0.15, 0.2) is 40.9 Å². The van der Waals surface area contributed by atoms with Crippen LogP contribution in [-0.2, 0) is 0 Å². The van der Waals surface area contributed by atoms with Crippen molar-refractivity contribution in [2.75, 3.05) is 5.32 Å². The average molecular weight is 489 g/mol. The number of hydrogen-bond donors (Lipinski definition) is 2. The van der Waals surface area contributed by atoms with E-state index in [1.165, 1.54) is 3.57 Å². The van der Waals surface area contributed by atoms with Gasteiger partial charge in [0.15, 0.2) is 5.11 Å². The Morgan fingerprint density at radius 2 is 1.86 bits per heavy atom. The lowest BCUT2D eigenvalue weighted by Gasteiger charge is -2.13. The fraction of sp³-hybridized carbons (Fsp3) is 0.125. The van der Waals surface area contributed by atoms with Gasteiger partial charge in [-0.15, -0.1) is 0 Å². The van der Waals surface area contributed by atoms with Crippen molar-refractivity contribution < 1.29 is 4.79 Å². The van der Waals surface area contributed by atoms with E-state index in [9.17, 15) is 4.79 Å². The van der Waals surface area contributed by atoms with Crippen LogP contribution in [0, 0.1) is 17.4 Å². The van der Waals surface area contributed by atoms with Crippen LogP contribution < -0.4 is 10.6 Å². The molecule has 0 aromatic heterocycles. The summed E-state index contributed by atoms with van der Waals surface area (Å²) >= 11 is 10.9. The van der Waals surface area contributed by atoms with Crippen molar-refractivity contribution in [2.24, 2.45) is 0 Å². The van der Waals surface area contributed by atoms with Gasteiger partial charge in [-0.05, 0) is 100.0 Å². The van der Waals surface area contributed by atoms with E-state index in [1.54, 1.807) is 6.07 Å². The Hall–Kier alpha value is -0.990. The molecule has 1 amide bonds. The summed E-state index contributed by atoms with van der Waals surface area (Å²) in [6.45, 7) is 4.04. The molecule has 0 saturated heterocycles. The van der Waals surface area contributed by atoms with Crippen molar-refractivity contribution in [1.82, 2.24) is 5.32 Å². The first-order chi connectivity index (χ1) is 10.4. The lowest BCUT2D eigenvalue weighted by atomic mass is 10.1. The van der Waals surface area contributed by atoms with E-state index in [0.717, 1.165) is 21.3 Å². The maximum atomic E-state index is 12.2. The number of hydrogen-bond acceptors (Lipinski definition) is 2. The number of nitrogens with one attached hydrogen (secondary N) is 2. The fourth-order valence-electron chi connectivity index (χ4n) is 1.88. The molecule has 2 aromatic carbocycles. The molecule has 0 spiro atoms. The number of amides is 1. The number of rotatable bonds is 2. The summed E-state index contributed by atoms with van der Waals surface area (Å²) in [5.41, 5.74) is 3.68. The van der Waals surface area contributed by atoms with Crippen molar-refractivity contribution in [1.29, 1.82) is 0 Å². The molecule has 22 heavy (non-hydrogen) atoms. The molecule has 0 aliphatic rings. The van der Waals surface area contributed by atoms with Crippen LogP contribution >= 0.6 is 50.7 Å². The van der Waals surface area contributed by atoms with E-state index in [-0.39, 0.29) is 11.0 Å². The van der Waals surface area contributed by atoms with Gasteiger partial charge in [-0.1, -0.05) is 12.1 Å². The number of carbonyl (C=O) groups excluding carboxylic acids is 1. The van der Waals surface area contributed by atoms with Crippen molar-refractivity contribution in [3.63, 3.8) is 0 Å². The number of carbonyl (C=O) groups is 1. The van der Waals surface area contributed by atoms with Gasteiger partial charge in [0.2, 0.25) is 0 Å². The van der Waals surface area contributed by atoms with Crippen LogP contribution in [0.4, 0.5) is 5.69 Å². The van der Waals surface area contributed by atoms with Gasteiger partial charge in [-0.2, -0.15) is 0 Å². The molecule has 6 heteroatoms. The average Bonchev–Trinajstić information content (AvgIpc) is 2.45. The highest BCUT2D eigenvalue weighted by molar-refractivity contribution is 14.1. The van der Waals surface area contributed by atoms with Crippen LogP contribution in [-0.4, -0.2) is 11.0 Å². The van der Waals surface area contributed by atoms with Gasteiger partial charge in [0.25, 0.3) is 5.91 Å². The zero-order valence-electron chi connectivity index (χ0n) is 12.0. The molecule has 0 atom stereocenters. The van der Waals surface area contributed by atoms with Gasteiger partial charge in [0.1, 0.15) is 0 Å². The predicted octanol–water partition coefficient (Wildman–Crippen LogP) is 4.80. The predicted molar refractivity (Wildman–Crippen MR) is 106 cm³/mol. The van der Waals surface area contributed by atoms with Crippen LogP contribution in [0.2, 0.25) is 0 Å². The molecule has 0 aliphatic heterocycles. The normalized spacial score (nSPS) is 10.2. The Morgan fingerprint density at radius 1 is 1.18 bits per heavy atom. The van der Waals surface area contributed by atoms with Gasteiger partial charge >= 0.3 is 0 Å². The molecule has 0 heterocycles. The lowest BCUT2D eigenvalue weighted by Crippen LogP contribution is -2.34. The molecule has 2 N–H and O–H groups in total. The molecule has 0 fully saturated rings. The first-order valence-electron chi connectivity index (χ1n) is 6.52. The van der Waals surface area contributed by atoms with Crippen molar-refractivity contribution >= 4 is 67.4 Å². The molecule has 0 unspecified atom stereocenters. The molecule has 0 radical (unpaired) electrons. The first kappa shape index (κ1) is 17.4. The molecule has 0 bridgehead atoms. The van der Waals surface area contributed by atoms with E-state index >= 15 is 0 Å². The third kappa shape index (κ3) is 4.27. The molecule has 3 nitrogen and oxygen atoms in total. The van der Waals surface area contributed by atoms with Crippen molar-refractivity contribution in [3.8, 4) is 0 Å². The second kappa shape index (κ2) is 7.52. The minimum Gasteiger partial charge on any atom is -0.332 e. The summed E-state index contributed by atoms with van der Waals surface area (Å²) in [7, 11) is 0. The minimum absolute atomic E-state index is 0.245. The SMILES string of the molecule is Cc1cc(NC(=S)NC(=O)c2ccccc2Br)c(C)cc1I. The molecule has 0 saturated carbocycles. The lowest BCUT2D eigenvalue weighted by molar-refractivity contribution is 0.0977. The fourth-order valence-corrected chi connectivity index (χ4v) is 3.18. The Morgan fingerprint density at radius 3 is 2.55 bits per heavy atom. The van der Waals surface area contributed by atoms with E-state index in [2.05, 4.69) is 55.2 Å². The first-order valence-corrected chi connectivity index (χ1v) is 8.80. The molecule has 114 valence electrons. The Kier molecular flexibility index (Phi) is 5.94. The van der Waals surface area contributed by atoms with Crippen LogP contribution in [0.1, 0.15) is 21.5 Å². The standard InChI is InChI=1S/C16H14BrIN2OS/c1-9-8-14(10(2)7-13(9)18)19-16(22)20-15(21)11-5-3-4-6-12(11)17/h3-8H,1-2H3,(H2,19,20,21,22). The third-order valence-electron chi connectivity index (χ3n) is 3.10. The van der Waals surface area contributed by atoms with Crippen LogP contribution in [0.3, 0.4) is 0 Å². The smallest absolute Gasteiger partial charge is 0.258 e. The summed E-state index contributed by atoms with van der Waals surface area (Å²) in [6.07, 6.45) is 0. The van der Waals surface area contributed by atoms with E-state index in [0.29, 0.717) is 5.56 Å².